The number of Topliss-reactive ketones (excluding diaryl/α,β-unsaturated/α-hetero) is 1. The summed E-state index contributed by atoms with van der Waals surface area (Å²) in [4.78, 5) is 23.9. The summed E-state index contributed by atoms with van der Waals surface area (Å²) in [6, 6.07) is 19.1. The Labute approximate surface area is 186 Å². The number of ketones is 1. The van der Waals surface area contributed by atoms with Gasteiger partial charge in [0.25, 0.3) is 0 Å². The molecule has 3 rings (SSSR count). The van der Waals surface area contributed by atoms with Crippen LogP contribution in [0.4, 0.5) is 0 Å². The van der Waals surface area contributed by atoms with Crippen LogP contribution in [-0.4, -0.2) is 31.5 Å². The number of sulfonamides is 1. The first kappa shape index (κ1) is 22.7. The second-order valence-corrected chi connectivity index (χ2v) is 9.31. The van der Waals surface area contributed by atoms with Gasteiger partial charge >= 0.3 is 5.97 Å². The Hall–Kier alpha value is -3.00. The lowest BCUT2D eigenvalue weighted by Crippen LogP contribution is -2.26. The van der Waals surface area contributed by atoms with Gasteiger partial charge in [-0.2, -0.15) is 4.31 Å². The highest BCUT2D eigenvalue weighted by molar-refractivity contribution is 7.89. The van der Waals surface area contributed by atoms with E-state index in [1.165, 1.54) is 60.7 Å². The van der Waals surface area contributed by atoms with E-state index < -0.39 is 16.0 Å². The first-order chi connectivity index (χ1) is 14.7. The van der Waals surface area contributed by atoms with Gasteiger partial charge in [-0.3, -0.25) is 4.79 Å². The zero-order valence-corrected chi connectivity index (χ0v) is 18.5. The molecule has 0 radical (unpaired) electrons. The van der Waals surface area contributed by atoms with E-state index in [2.05, 4.69) is 0 Å². The minimum atomic E-state index is -3.87. The molecule has 0 saturated heterocycles. The Kier molecular flexibility index (Phi) is 6.90. The van der Waals surface area contributed by atoms with E-state index >= 15 is 0 Å². The minimum Gasteiger partial charge on any atom is -0.423 e. The SMILES string of the molecule is CC(=O)c1ccc(OC(=O)c2cc(S(=O)(=O)N(C)Cc3ccccc3)ccc2Cl)cc1. The van der Waals surface area contributed by atoms with Crippen molar-refractivity contribution < 1.29 is 22.7 Å². The van der Waals surface area contributed by atoms with Crippen molar-refractivity contribution in [2.75, 3.05) is 7.05 Å². The van der Waals surface area contributed by atoms with Gasteiger partial charge in [-0.15, -0.1) is 0 Å². The maximum absolute atomic E-state index is 13.0. The highest BCUT2D eigenvalue weighted by Gasteiger charge is 2.24. The number of carbonyl (C=O) groups excluding carboxylic acids is 2. The second-order valence-electron chi connectivity index (χ2n) is 6.86. The maximum atomic E-state index is 13.0. The van der Waals surface area contributed by atoms with Crippen molar-refractivity contribution in [1.82, 2.24) is 4.31 Å². The molecule has 0 saturated carbocycles. The van der Waals surface area contributed by atoms with Gasteiger partial charge in [-0.25, -0.2) is 13.2 Å². The summed E-state index contributed by atoms with van der Waals surface area (Å²) in [5.74, 6) is -0.706. The van der Waals surface area contributed by atoms with Crippen LogP contribution in [0.2, 0.25) is 5.02 Å². The van der Waals surface area contributed by atoms with E-state index in [-0.39, 0.29) is 33.6 Å². The van der Waals surface area contributed by atoms with Crippen molar-refractivity contribution in [3.8, 4) is 5.75 Å². The average molecular weight is 458 g/mol. The standard InChI is InChI=1S/C23H20ClNO5S/c1-16(26)18-8-10-19(11-9-18)30-23(27)21-14-20(12-13-22(21)24)31(28,29)25(2)15-17-6-4-3-5-7-17/h3-14H,15H2,1-2H3. The molecule has 0 aliphatic heterocycles. The van der Waals surface area contributed by atoms with Gasteiger partial charge in [0, 0.05) is 19.2 Å². The van der Waals surface area contributed by atoms with Crippen molar-refractivity contribution >= 4 is 33.4 Å². The van der Waals surface area contributed by atoms with Crippen LogP contribution in [0.25, 0.3) is 0 Å². The lowest BCUT2D eigenvalue weighted by Gasteiger charge is -2.18. The van der Waals surface area contributed by atoms with E-state index in [0.717, 1.165) is 5.56 Å². The van der Waals surface area contributed by atoms with Crippen LogP contribution in [-0.2, 0) is 16.6 Å². The number of benzene rings is 3. The van der Waals surface area contributed by atoms with Crippen LogP contribution < -0.4 is 4.74 Å². The number of carbonyl (C=O) groups is 2. The third-order valence-corrected chi connectivity index (χ3v) is 6.71. The first-order valence-electron chi connectivity index (χ1n) is 9.31. The predicted octanol–water partition coefficient (Wildman–Crippen LogP) is 4.58. The van der Waals surface area contributed by atoms with Crippen LogP contribution in [0.15, 0.2) is 77.7 Å². The van der Waals surface area contributed by atoms with Gasteiger partial charge in [0.2, 0.25) is 10.0 Å². The molecule has 0 spiro atoms. The van der Waals surface area contributed by atoms with Gasteiger partial charge in [0.15, 0.2) is 5.78 Å². The van der Waals surface area contributed by atoms with Crippen molar-refractivity contribution in [1.29, 1.82) is 0 Å². The monoisotopic (exact) mass is 457 g/mol. The Morgan fingerprint density at radius 3 is 2.23 bits per heavy atom. The highest BCUT2D eigenvalue weighted by atomic mass is 35.5. The van der Waals surface area contributed by atoms with Crippen molar-refractivity contribution in [3.63, 3.8) is 0 Å². The van der Waals surface area contributed by atoms with Crippen molar-refractivity contribution in [3.05, 3.63) is 94.5 Å². The van der Waals surface area contributed by atoms with E-state index in [4.69, 9.17) is 16.3 Å². The molecule has 0 aromatic heterocycles. The Balaban J connectivity index is 1.83. The normalized spacial score (nSPS) is 11.4. The van der Waals surface area contributed by atoms with Crippen molar-refractivity contribution in [2.45, 2.75) is 18.4 Å². The summed E-state index contributed by atoms with van der Waals surface area (Å²) in [5, 5.41) is 0.0648. The molecule has 31 heavy (non-hydrogen) atoms. The second kappa shape index (κ2) is 9.43. The van der Waals surface area contributed by atoms with Crippen LogP contribution >= 0.6 is 11.6 Å². The van der Waals surface area contributed by atoms with Crippen LogP contribution in [0.3, 0.4) is 0 Å². The van der Waals surface area contributed by atoms with E-state index in [0.29, 0.717) is 5.56 Å². The third kappa shape index (κ3) is 5.38. The average Bonchev–Trinajstić information content (AvgIpc) is 2.75. The quantitative estimate of drug-likeness (QED) is 0.294. The van der Waals surface area contributed by atoms with Crippen LogP contribution in [0, 0.1) is 0 Å². The van der Waals surface area contributed by atoms with E-state index in [1.807, 2.05) is 30.3 Å². The number of ether oxygens (including phenoxy) is 1. The number of esters is 1. The minimum absolute atomic E-state index is 0.0648. The number of rotatable bonds is 7. The summed E-state index contributed by atoms with van der Waals surface area (Å²) in [7, 11) is -2.40. The fraction of sp³-hybridized carbons (Fsp3) is 0.130. The molecular weight excluding hydrogens is 438 g/mol. The molecule has 0 N–H and O–H groups in total. The van der Waals surface area contributed by atoms with E-state index in [9.17, 15) is 18.0 Å². The Bertz CT molecular complexity index is 1210. The fourth-order valence-electron chi connectivity index (χ4n) is 2.85. The van der Waals surface area contributed by atoms with Gasteiger partial charge in [-0.1, -0.05) is 41.9 Å². The Morgan fingerprint density at radius 1 is 0.968 bits per heavy atom. The fourth-order valence-corrected chi connectivity index (χ4v) is 4.23. The molecule has 3 aromatic carbocycles. The number of hydrogen-bond acceptors (Lipinski definition) is 5. The summed E-state index contributed by atoms with van der Waals surface area (Å²) >= 11 is 6.13. The van der Waals surface area contributed by atoms with Gasteiger partial charge < -0.3 is 4.74 Å². The molecule has 3 aromatic rings. The third-order valence-electron chi connectivity index (χ3n) is 4.59. The molecule has 0 heterocycles. The molecule has 0 fully saturated rings. The predicted molar refractivity (Wildman–Crippen MR) is 118 cm³/mol. The molecule has 0 amide bonds. The number of nitrogens with zero attached hydrogens (tertiary/aromatic N) is 1. The summed E-state index contributed by atoms with van der Waals surface area (Å²) < 4.78 is 32.5. The largest absolute Gasteiger partial charge is 0.423 e. The maximum Gasteiger partial charge on any atom is 0.345 e. The molecule has 0 unspecified atom stereocenters. The van der Waals surface area contributed by atoms with Crippen LogP contribution in [0.1, 0.15) is 33.2 Å². The zero-order valence-electron chi connectivity index (χ0n) is 16.9. The lowest BCUT2D eigenvalue weighted by atomic mass is 10.1. The molecule has 8 heteroatoms. The van der Waals surface area contributed by atoms with Gasteiger partial charge in [0.05, 0.1) is 15.5 Å². The smallest absolute Gasteiger partial charge is 0.345 e. The molecule has 0 atom stereocenters. The van der Waals surface area contributed by atoms with Gasteiger partial charge in [0.1, 0.15) is 5.75 Å². The molecule has 0 bridgehead atoms. The molecule has 0 aliphatic carbocycles. The summed E-state index contributed by atoms with van der Waals surface area (Å²) in [5.41, 5.74) is 1.23. The van der Waals surface area contributed by atoms with Gasteiger partial charge in [-0.05, 0) is 55.0 Å². The van der Waals surface area contributed by atoms with Crippen LogP contribution in [0.5, 0.6) is 5.75 Å². The first-order valence-corrected chi connectivity index (χ1v) is 11.1. The lowest BCUT2D eigenvalue weighted by molar-refractivity contribution is 0.0734. The number of halogens is 1. The van der Waals surface area contributed by atoms with Crippen molar-refractivity contribution in [2.24, 2.45) is 0 Å². The van der Waals surface area contributed by atoms with E-state index in [1.54, 1.807) is 0 Å². The molecule has 160 valence electrons. The number of hydrogen-bond donors (Lipinski definition) is 0. The highest BCUT2D eigenvalue weighted by Crippen LogP contribution is 2.25. The molecule has 0 aliphatic rings. The zero-order chi connectivity index (χ0) is 22.6. The molecule has 6 nitrogen and oxygen atoms in total. The molecular formula is C23H20ClNO5S. The Morgan fingerprint density at radius 2 is 1.61 bits per heavy atom. The summed E-state index contributed by atoms with van der Waals surface area (Å²) in [6.45, 7) is 1.61. The topological polar surface area (TPSA) is 80.8 Å². The summed E-state index contributed by atoms with van der Waals surface area (Å²) in [6.07, 6.45) is 0.